The molecule has 19 heteroatoms. The Morgan fingerprint density at radius 3 is 2.08 bits per heavy atom. The first-order valence-electron chi connectivity index (χ1n) is 22.0. The second-order valence-electron chi connectivity index (χ2n) is 17.0. The lowest BCUT2D eigenvalue weighted by Gasteiger charge is -2.39. The van der Waals surface area contributed by atoms with Gasteiger partial charge in [-0.05, 0) is 76.4 Å². The van der Waals surface area contributed by atoms with Crippen LogP contribution < -0.4 is 37.6 Å². The number of nitrogens with one attached hydrogen (secondary N) is 6. The van der Waals surface area contributed by atoms with Crippen LogP contribution in [-0.2, 0) is 44.8 Å². The SMILES string of the molecule is CCC(C)C(C(CC(=O)N1CCCC1C(OC)C(C)C(=O)NCC(=O)NCc1ccc(NC(=O)C(CCCNC(N)=O)NC)cc1)OC)N(C)C(=O)CNC(=O)C(C(C)C)N(C)C. The van der Waals surface area contributed by atoms with E-state index in [2.05, 4.69) is 31.9 Å². The highest BCUT2D eigenvalue weighted by Gasteiger charge is 2.42. The van der Waals surface area contributed by atoms with E-state index >= 15 is 0 Å². The van der Waals surface area contributed by atoms with Gasteiger partial charge in [-0.2, -0.15) is 0 Å². The fraction of sp³-hybridized carbons (Fsp3) is 0.705. The first-order chi connectivity index (χ1) is 29.8. The number of amides is 8. The molecule has 356 valence electrons. The third kappa shape index (κ3) is 17.0. The van der Waals surface area contributed by atoms with Gasteiger partial charge in [-0.1, -0.05) is 53.2 Å². The van der Waals surface area contributed by atoms with Gasteiger partial charge in [0.2, 0.25) is 35.4 Å². The van der Waals surface area contributed by atoms with Crippen LogP contribution in [0.4, 0.5) is 10.5 Å². The van der Waals surface area contributed by atoms with Crippen LogP contribution in [-0.4, -0.2) is 161 Å². The summed E-state index contributed by atoms with van der Waals surface area (Å²) >= 11 is 0. The minimum absolute atomic E-state index is 0.00765. The Morgan fingerprint density at radius 1 is 0.873 bits per heavy atom. The smallest absolute Gasteiger partial charge is 0.312 e. The number of urea groups is 1. The summed E-state index contributed by atoms with van der Waals surface area (Å²) in [5.74, 6) is -2.43. The predicted molar refractivity (Wildman–Crippen MR) is 241 cm³/mol. The maximum Gasteiger partial charge on any atom is 0.312 e. The fourth-order valence-corrected chi connectivity index (χ4v) is 8.30. The number of methoxy groups -OCH3 is 2. The molecule has 1 heterocycles. The molecule has 8 atom stereocenters. The zero-order valence-corrected chi connectivity index (χ0v) is 39.4. The van der Waals surface area contributed by atoms with Gasteiger partial charge in [0.1, 0.15) is 0 Å². The highest BCUT2D eigenvalue weighted by atomic mass is 16.5. The largest absolute Gasteiger partial charge is 0.379 e. The number of rotatable bonds is 27. The van der Waals surface area contributed by atoms with Gasteiger partial charge in [-0.15, -0.1) is 0 Å². The van der Waals surface area contributed by atoms with E-state index < -0.39 is 60.1 Å². The van der Waals surface area contributed by atoms with Crippen LogP contribution in [0.25, 0.3) is 0 Å². The molecule has 8 unspecified atom stereocenters. The quantitative estimate of drug-likeness (QED) is 0.0615. The van der Waals surface area contributed by atoms with Crippen molar-refractivity contribution in [2.75, 3.05) is 73.9 Å². The molecule has 1 aromatic rings. The van der Waals surface area contributed by atoms with Crippen molar-refractivity contribution in [2.45, 2.75) is 116 Å². The molecule has 0 spiro atoms. The number of hydrogen-bond donors (Lipinski definition) is 7. The standard InChI is InChI=1S/C44H76N10O9/c1-12-28(4)39(53(9)37(57)26-50-43(60)38(27(2)3)52(7)8)34(62-10)23-36(56)54-22-14-16-33(54)40(63-11)29(5)41(58)49-25-35(55)48-24-30-17-19-31(20-18-30)51-42(59)32(46-6)15-13-21-47-44(45)61/h17-20,27-29,32-34,38-40,46H,12-16,21-26H2,1-11H3,(H,48,55)(H,49,58)(H,50,60)(H,51,59)(H3,45,47,61). The van der Waals surface area contributed by atoms with Gasteiger partial charge in [-0.25, -0.2) is 4.79 Å². The summed E-state index contributed by atoms with van der Waals surface area (Å²) in [7, 11) is 10.0. The van der Waals surface area contributed by atoms with Crippen LogP contribution in [0.5, 0.6) is 0 Å². The molecule has 63 heavy (non-hydrogen) atoms. The van der Waals surface area contributed by atoms with Crippen LogP contribution in [0, 0.1) is 17.8 Å². The average molecular weight is 889 g/mol. The normalized spacial score (nSPS) is 17.2. The van der Waals surface area contributed by atoms with E-state index in [-0.39, 0.29) is 61.5 Å². The molecule has 1 aliphatic rings. The summed E-state index contributed by atoms with van der Waals surface area (Å²) in [6.07, 6.45) is 1.80. The number of hydrogen-bond acceptors (Lipinski definition) is 11. The van der Waals surface area contributed by atoms with Crippen molar-refractivity contribution >= 4 is 47.2 Å². The summed E-state index contributed by atoms with van der Waals surface area (Å²) in [5, 5.41) is 16.6. The second kappa shape index (κ2) is 27.4. The predicted octanol–water partition coefficient (Wildman–Crippen LogP) is 1.02. The number of primary amides is 1. The number of carbonyl (C=O) groups excluding carboxylic acids is 7. The molecule has 8 N–H and O–H groups in total. The molecule has 1 saturated heterocycles. The molecule has 0 aliphatic carbocycles. The Morgan fingerprint density at radius 2 is 1.52 bits per heavy atom. The van der Waals surface area contributed by atoms with Crippen molar-refractivity contribution in [1.29, 1.82) is 0 Å². The summed E-state index contributed by atoms with van der Waals surface area (Å²) in [5.41, 5.74) is 6.44. The minimum atomic E-state index is -0.703. The third-order valence-electron chi connectivity index (χ3n) is 11.9. The third-order valence-corrected chi connectivity index (χ3v) is 11.9. The van der Waals surface area contributed by atoms with Gasteiger partial charge in [0, 0.05) is 46.6 Å². The zero-order valence-electron chi connectivity index (χ0n) is 39.4. The highest BCUT2D eigenvalue weighted by molar-refractivity contribution is 5.95. The molecular formula is C44H76N10O9. The zero-order chi connectivity index (χ0) is 47.4. The van der Waals surface area contributed by atoms with E-state index in [1.807, 2.05) is 46.7 Å². The fourth-order valence-electron chi connectivity index (χ4n) is 8.30. The number of likely N-dealkylation sites (N-methyl/N-ethyl adjacent to an activating group) is 3. The Labute approximate surface area is 374 Å². The summed E-state index contributed by atoms with van der Waals surface area (Å²) in [6, 6.07) is 4.66. The Hall–Kier alpha value is -4.85. The Bertz CT molecular complexity index is 1640. The maximum absolute atomic E-state index is 14.1. The van der Waals surface area contributed by atoms with Crippen LogP contribution in [0.1, 0.15) is 78.7 Å². The monoisotopic (exact) mass is 889 g/mol. The van der Waals surface area contributed by atoms with E-state index in [1.165, 1.54) is 14.2 Å². The molecule has 0 bridgehead atoms. The molecular weight excluding hydrogens is 813 g/mol. The topological polar surface area (TPSA) is 246 Å². The number of anilines is 1. The van der Waals surface area contributed by atoms with Crippen LogP contribution >= 0.6 is 0 Å². The molecule has 19 nitrogen and oxygen atoms in total. The maximum atomic E-state index is 14.1. The van der Waals surface area contributed by atoms with Gasteiger partial charge in [0.15, 0.2) is 0 Å². The molecule has 2 rings (SSSR count). The van der Waals surface area contributed by atoms with Crippen molar-refractivity contribution in [1.82, 2.24) is 41.3 Å². The van der Waals surface area contributed by atoms with Gasteiger partial charge in [0.05, 0.1) is 61.8 Å². The molecule has 1 aliphatic heterocycles. The van der Waals surface area contributed by atoms with Crippen molar-refractivity contribution in [3.05, 3.63) is 29.8 Å². The van der Waals surface area contributed by atoms with E-state index in [4.69, 9.17) is 15.2 Å². The second-order valence-corrected chi connectivity index (χ2v) is 17.0. The van der Waals surface area contributed by atoms with E-state index in [0.717, 1.165) is 12.0 Å². The van der Waals surface area contributed by atoms with Crippen molar-refractivity contribution < 1.29 is 43.0 Å². The molecule has 8 amide bonds. The minimum Gasteiger partial charge on any atom is -0.379 e. The number of likely N-dealkylation sites (tertiary alicyclic amines) is 1. The number of ether oxygens (including phenoxy) is 2. The lowest BCUT2D eigenvalue weighted by molar-refractivity contribution is -0.146. The first-order valence-corrected chi connectivity index (χ1v) is 22.0. The molecule has 1 aromatic carbocycles. The van der Waals surface area contributed by atoms with Crippen LogP contribution in [0.3, 0.4) is 0 Å². The van der Waals surface area contributed by atoms with Crippen molar-refractivity contribution in [2.24, 2.45) is 23.5 Å². The Balaban J connectivity index is 1.97. The average Bonchev–Trinajstić information content (AvgIpc) is 3.73. The van der Waals surface area contributed by atoms with E-state index in [1.54, 1.807) is 55.1 Å². The van der Waals surface area contributed by atoms with Gasteiger partial charge >= 0.3 is 6.03 Å². The highest BCUT2D eigenvalue weighted by Crippen LogP contribution is 2.29. The summed E-state index contributed by atoms with van der Waals surface area (Å²) in [6.45, 7) is 10.2. The van der Waals surface area contributed by atoms with Crippen molar-refractivity contribution in [3.63, 3.8) is 0 Å². The number of benzene rings is 1. The van der Waals surface area contributed by atoms with Gasteiger partial charge in [-0.3, -0.25) is 33.7 Å². The Kier molecular flexibility index (Phi) is 23.6. The van der Waals surface area contributed by atoms with Gasteiger partial charge in [0.25, 0.3) is 0 Å². The van der Waals surface area contributed by atoms with Crippen molar-refractivity contribution in [3.8, 4) is 0 Å². The first kappa shape index (κ1) is 54.3. The molecule has 0 radical (unpaired) electrons. The van der Waals surface area contributed by atoms with Gasteiger partial charge < -0.3 is 56.9 Å². The molecule has 0 saturated carbocycles. The lowest BCUT2D eigenvalue weighted by Crippen LogP contribution is -2.55. The number of carbonyl (C=O) groups is 7. The van der Waals surface area contributed by atoms with E-state index in [9.17, 15) is 33.6 Å². The molecule has 0 aromatic heterocycles. The molecule has 1 fully saturated rings. The number of nitrogens with zero attached hydrogens (tertiary/aromatic N) is 3. The van der Waals surface area contributed by atoms with E-state index in [0.29, 0.717) is 44.5 Å². The van der Waals surface area contributed by atoms with Crippen LogP contribution in [0.2, 0.25) is 0 Å². The summed E-state index contributed by atoms with van der Waals surface area (Å²) < 4.78 is 11.8. The lowest BCUT2D eigenvalue weighted by atomic mass is 9.90. The number of nitrogens with two attached hydrogens (primary N) is 1. The summed E-state index contributed by atoms with van der Waals surface area (Å²) in [4.78, 5) is 95.4. The van der Waals surface area contributed by atoms with Crippen LogP contribution in [0.15, 0.2) is 24.3 Å².